The van der Waals surface area contributed by atoms with E-state index in [0.29, 0.717) is 6.54 Å². The van der Waals surface area contributed by atoms with Crippen molar-refractivity contribution >= 4 is 40.0 Å². The van der Waals surface area contributed by atoms with Gasteiger partial charge in [-0.3, -0.25) is 9.89 Å². The minimum atomic E-state index is -3.52. The van der Waals surface area contributed by atoms with E-state index in [-0.39, 0.29) is 35.4 Å². The molecule has 1 aliphatic heterocycles. The Balaban J connectivity index is 0.00000341. The largest absolute Gasteiger partial charge is 0.364 e. The van der Waals surface area contributed by atoms with E-state index in [1.165, 1.54) is 0 Å². The zero-order valence-electron chi connectivity index (χ0n) is 18.0. The maximum Gasteiger partial charge on any atom is 0.240 e. The van der Waals surface area contributed by atoms with E-state index in [2.05, 4.69) is 30.0 Å². The van der Waals surface area contributed by atoms with Gasteiger partial charge in [0.25, 0.3) is 0 Å². The van der Waals surface area contributed by atoms with Crippen molar-refractivity contribution in [1.29, 1.82) is 0 Å². The zero-order valence-corrected chi connectivity index (χ0v) is 21.1. The van der Waals surface area contributed by atoms with E-state index in [0.717, 1.165) is 56.5 Å². The number of benzene rings is 1. The third kappa shape index (κ3) is 7.74. The SMILES string of the molecule is CCNC(=NCCNS(=O)(=O)c1ccc(C)cc1)N1CCN(Cc2ccon2)CC1.I. The molecule has 0 amide bonds. The number of rotatable bonds is 8. The molecule has 0 radical (unpaired) electrons. The molecule has 2 N–H and O–H groups in total. The predicted molar refractivity (Wildman–Crippen MR) is 131 cm³/mol. The molecule has 1 aliphatic rings. The summed E-state index contributed by atoms with van der Waals surface area (Å²) in [6.07, 6.45) is 1.59. The van der Waals surface area contributed by atoms with Gasteiger partial charge in [-0.05, 0) is 26.0 Å². The average Bonchev–Trinajstić information content (AvgIpc) is 3.24. The Kier molecular flexibility index (Phi) is 10.2. The molecule has 1 saturated heterocycles. The molecule has 2 aromatic rings. The second-order valence-corrected chi connectivity index (χ2v) is 8.97. The number of piperazine rings is 1. The molecule has 9 nitrogen and oxygen atoms in total. The normalized spacial score (nSPS) is 15.5. The van der Waals surface area contributed by atoms with Gasteiger partial charge >= 0.3 is 0 Å². The van der Waals surface area contributed by atoms with Crippen LogP contribution in [-0.2, 0) is 16.6 Å². The first-order valence-corrected chi connectivity index (χ1v) is 11.7. The molecule has 0 unspecified atom stereocenters. The number of aliphatic imine (C=N–C) groups is 1. The van der Waals surface area contributed by atoms with Crippen LogP contribution >= 0.6 is 24.0 Å². The van der Waals surface area contributed by atoms with Crippen LogP contribution in [0.5, 0.6) is 0 Å². The first-order valence-electron chi connectivity index (χ1n) is 10.2. The molecule has 0 aliphatic carbocycles. The molecule has 1 aromatic carbocycles. The van der Waals surface area contributed by atoms with Gasteiger partial charge in [-0.2, -0.15) is 0 Å². The van der Waals surface area contributed by atoms with Crippen LogP contribution in [0.3, 0.4) is 0 Å². The smallest absolute Gasteiger partial charge is 0.240 e. The summed E-state index contributed by atoms with van der Waals surface area (Å²) in [6.45, 7) is 9.59. The summed E-state index contributed by atoms with van der Waals surface area (Å²) in [6, 6.07) is 8.69. The highest BCUT2D eigenvalue weighted by atomic mass is 127. The molecule has 172 valence electrons. The number of aryl methyl sites for hydroxylation is 1. The van der Waals surface area contributed by atoms with Gasteiger partial charge in [-0.15, -0.1) is 24.0 Å². The van der Waals surface area contributed by atoms with Gasteiger partial charge in [0.1, 0.15) is 6.26 Å². The van der Waals surface area contributed by atoms with E-state index >= 15 is 0 Å². The van der Waals surface area contributed by atoms with Crippen LogP contribution in [0.1, 0.15) is 18.2 Å². The average molecular weight is 562 g/mol. The van der Waals surface area contributed by atoms with Gasteiger partial charge in [-0.1, -0.05) is 22.9 Å². The quantitative estimate of drug-likeness (QED) is 0.218. The van der Waals surface area contributed by atoms with E-state index < -0.39 is 10.0 Å². The van der Waals surface area contributed by atoms with Crippen LogP contribution in [0.4, 0.5) is 0 Å². The summed E-state index contributed by atoms with van der Waals surface area (Å²) >= 11 is 0. The predicted octanol–water partition coefficient (Wildman–Crippen LogP) is 1.66. The van der Waals surface area contributed by atoms with Gasteiger partial charge in [0, 0.05) is 51.9 Å². The number of aromatic nitrogens is 1. The standard InChI is InChI=1S/C20H30N6O3S.HI/c1-3-21-20(26-13-11-25(12-14-26)16-18-8-15-29-24-18)22-9-10-23-30(27,28)19-6-4-17(2)5-7-19;/h4-8,15,23H,3,9-14,16H2,1-2H3,(H,21,22);1H. The Morgan fingerprint density at radius 1 is 1.16 bits per heavy atom. The molecule has 11 heteroatoms. The highest BCUT2D eigenvalue weighted by Gasteiger charge is 2.20. The van der Waals surface area contributed by atoms with Crippen LogP contribution in [0, 0.1) is 6.92 Å². The highest BCUT2D eigenvalue weighted by molar-refractivity contribution is 14.0. The van der Waals surface area contributed by atoms with Crippen molar-refractivity contribution in [2.45, 2.75) is 25.3 Å². The molecule has 0 bridgehead atoms. The first-order chi connectivity index (χ1) is 14.5. The summed E-state index contributed by atoms with van der Waals surface area (Å²) < 4.78 is 32.3. The number of hydrogen-bond acceptors (Lipinski definition) is 6. The third-order valence-corrected chi connectivity index (χ3v) is 6.36. The van der Waals surface area contributed by atoms with Crippen molar-refractivity contribution in [3.05, 3.63) is 47.9 Å². The van der Waals surface area contributed by atoms with E-state index in [9.17, 15) is 8.42 Å². The zero-order chi connectivity index (χ0) is 21.4. The molecule has 31 heavy (non-hydrogen) atoms. The summed E-state index contributed by atoms with van der Waals surface area (Å²) in [4.78, 5) is 9.41. The van der Waals surface area contributed by atoms with Gasteiger partial charge in [0.2, 0.25) is 10.0 Å². The molecule has 2 heterocycles. The van der Waals surface area contributed by atoms with Crippen LogP contribution in [0.25, 0.3) is 0 Å². The molecular formula is C20H31IN6O3S. The van der Waals surface area contributed by atoms with E-state index in [4.69, 9.17) is 4.52 Å². The first kappa shape index (κ1) is 25.6. The number of nitrogens with zero attached hydrogens (tertiary/aromatic N) is 4. The molecule has 1 fully saturated rings. The summed E-state index contributed by atoms with van der Waals surface area (Å²) in [5.41, 5.74) is 1.96. The lowest BCUT2D eigenvalue weighted by Crippen LogP contribution is -2.52. The maximum atomic E-state index is 12.4. The summed E-state index contributed by atoms with van der Waals surface area (Å²) in [5.74, 6) is 0.813. The van der Waals surface area contributed by atoms with E-state index in [1.54, 1.807) is 30.5 Å². The second-order valence-electron chi connectivity index (χ2n) is 7.20. The minimum Gasteiger partial charge on any atom is -0.364 e. The van der Waals surface area contributed by atoms with Gasteiger partial charge in [0.05, 0.1) is 17.1 Å². The minimum absolute atomic E-state index is 0. The van der Waals surface area contributed by atoms with Crippen LogP contribution < -0.4 is 10.0 Å². The van der Waals surface area contributed by atoms with Crippen molar-refractivity contribution in [2.75, 3.05) is 45.8 Å². The monoisotopic (exact) mass is 562 g/mol. The third-order valence-electron chi connectivity index (χ3n) is 4.88. The number of halogens is 1. The molecule has 0 saturated carbocycles. The lowest BCUT2D eigenvalue weighted by Gasteiger charge is -2.36. The van der Waals surface area contributed by atoms with Crippen molar-refractivity contribution in [1.82, 2.24) is 25.0 Å². The second kappa shape index (κ2) is 12.4. The fourth-order valence-electron chi connectivity index (χ4n) is 3.23. The summed E-state index contributed by atoms with van der Waals surface area (Å²) in [7, 11) is -3.52. The van der Waals surface area contributed by atoms with E-state index in [1.807, 2.05) is 19.9 Å². The lowest BCUT2D eigenvalue weighted by molar-refractivity contribution is 0.169. The van der Waals surface area contributed by atoms with Crippen LogP contribution in [0.2, 0.25) is 0 Å². The van der Waals surface area contributed by atoms with Gasteiger partial charge in [-0.25, -0.2) is 13.1 Å². The topological polar surface area (TPSA) is 103 Å². The fourth-order valence-corrected chi connectivity index (χ4v) is 4.26. The molecule has 1 aromatic heterocycles. The molecule has 3 rings (SSSR count). The van der Waals surface area contributed by atoms with Gasteiger partial charge in [0.15, 0.2) is 5.96 Å². The van der Waals surface area contributed by atoms with Gasteiger partial charge < -0.3 is 14.7 Å². The van der Waals surface area contributed by atoms with Crippen molar-refractivity contribution < 1.29 is 12.9 Å². The fraction of sp³-hybridized carbons (Fsp3) is 0.500. The Labute approximate surface area is 201 Å². The number of hydrogen-bond donors (Lipinski definition) is 2. The Morgan fingerprint density at radius 2 is 1.87 bits per heavy atom. The van der Waals surface area contributed by atoms with Crippen molar-refractivity contribution in [3.63, 3.8) is 0 Å². The van der Waals surface area contributed by atoms with Crippen molar-refractivity contribution in [3.8, 4) is 0 Å². The summed E-state index contributed by atoms with van der Waals surface area (Å²) in [5, 5.41) is 7.27. The van der Waals surface area contributed by atoms with Crippen molar-refractivity contribution in [2.24, 2.45) is 4.99 Å². The molecule has 0 atom stereocenters. The number of nitrogens with one attached hydrogen (secondary N) is 2. The molecular weight excluding hydrogens is 531 g/mol. The Hall–Kier alpha value is -1.70. The number of guanidine groups is 1. The number of sulfonamides is 1. The Bertz CT molecular complexity index is 911. The van der Waals surface area contributed by atoms with Crippen LogP contribution in [-0.4, -0.2) is 75.1 Å². The van der Waals surface area contributed by atoms with Crippen LogP contribution in [0.15, 0.2) is 51.0 Å². The highest BCUT2D eigenvalue weighted by Crippen LogP contribution is 2.10. The maximum absolute atomic E-state index is 12.4. The lowest BCUT2D eigenvalue weighted by atomic mass is 10.2. The molecule has 0 spiro atoms. The Morgan fingerprint density at radius 3 is 2.48 bits per heavy atom.